The number of alkyl halides is 3. The summed E-state index contributed by atoms with van der Waals surface area (Å²) in [5.41, 5.74) is 1.40. The molecule has 4 aromatic rings. The lowest BCUT2D eigenvalue weighted by atomic mass is 10.0. The third-order valence-electron chi connectivity index (χ3n) is 4.91. The minimum absolute atomic E-state index is 0.00450. The molecule has 0 aromatic carbocycles. The maximum absolute atomic E-state index is 13.7. The Hall–Kier alpha value is -3.96. The van der Waals surface area contributed by atoms with E-state index in [-0.39, 0.29) is 22.9 Å². The molecule has 4 aromatic heterocycles. The van der Waals surface area contributed by atoms with Crippen LogP contribution < -0.4 is 10.6 Å². The number of hydrogen-bond acceptors (Lipinski definition) is 5. The summed E-state index contributed by atoms with van der Waals surface area (Å²) < 4.78 is 44.1. The summed E-state index contributed by atoms with van der Waals surface area (Å²) in [6.45, 7) is 5.72. The molecule has 33 heavy (non-hydrogen) atoms. The lowest BCUT2D eigenvalue weighted by Gasteiger charge is -2.16. The van der Waals surface area contributed by atoms with E-state index in [1.807, 2.05) is 20.8 Å². The van der Waals surface area contributed by atoms with Crippen LogP contribution >= 0.6 is 0 Å². The molecular weight excluding hydrogens is 437 g/mol. The third kappa shape index (κ3) is 4.49. The second kappa shape index (κ2) is 8.19. The predicted octanol–water partition coefficient (Wildman–Crippen LogP) is 4.62. The van der Waals surface area contributed by atoms with Crippen LogP contribution in [-0.4, -0.2) is 35.4 Å². The Balaban J connectivity index is 1.62. The van der Waals surface area contributed by atoms with Crippen molar-refractivity contribution in [2.75, 3.05) is 10.6 Å². The fourth-order valence-corrected chi connectivity index (χ4v) is 3.54. The molecule has 0 aliphatic heterocycles. The van der Waals surface area contributed by atoms with Crippen molar-refractivity contribution in [2.45, 2.75) is 32.9 Å². The van der Waals surface area contributed by atoms with Crippen molar-refractivity contribution in [3.05, 3.63) is 53.9 Å². The van der Waals surface area contributed by atoms with Gasteiger partial charge in [-0.3, -0.25) is 9.67 Å². The fourth-order valence-electron chi connectivity index (χ4n) is 3.54. The average molecular weight is 458 g/mol. The van der Waals surface area contributed by atoms with Crippen LogP contribution in [0.15, 0.2) is 37.1 Å². The van der Waals surface area contributed by atoms with E-state index in [0.717, 1.165) is 17.3 Å². The van der Waals surface area contributed by atoms with Gasteiger partial charge in [-0.05, 0) is 18.9 Å². The molecule has 2 N–H and O–H groups in total. The van der Waals surface area contributed by atoms with E-state index >= 15 is 0 Å². The molecule has 4 rings (SSSR count). The number of pyridine rings is 1. The first-order valence-corrected chi connectivity index (χ1v) is 10.0. The largest absolute Gasteiger partial charge is 0.418 e. The molecule has 9 nitrogen and oxygen atoms in total. The van der Waals surface area contributed by atoms with Crippen LogP contribution in [0.2, 0.25) is 0 Å². The topological polar surface area (TPSA) is 102 Å². The Morgan fingerprint density at radius 2 is 1.85 bits per heavy atom. The lowest BCUT2D eigenvalue weighted by Crippen LogP contribution is -2.22. The first kappa shape index (κ1) is 22.2. The summed E-state index contributed by atoms with van der Waals surface area (Å²) in [6.07, 6.45) is 2.47. The monoisotopic (exact) mass is 458 g/mol. The summed E-state index contributed by atoms with van der Waals surface area (Å²) >= 11 is 0. The molecule has 12 heteroatoms. The van der Waals surface area contributed by atoms with Crippen molar-refractivity contribution in [2.24, 2.45) is 7.05 Å². The van der Waals surface area contributed by atoms with E-state index in [2.05, 4.69) is 30.8 Å². The van der Waals surface area contributed by atoms with Crippen molar-refractivity contribution in [3.63, 3.8) is 0 Å². The number of amides is 2. The van der Waals surface area contributed by atoms with Gasteiger partial charge in [-0.1, -0.05) is 13.8 Å². The van der Waals surface area contributed by atoms with E-state index in [4.69, 9.17) is 0 Å². The molecule has 0 fully saturated rings. The third-order valence-corrected chi connectivity index (χ3v) is 4.91. The number of aryl methyl sites for hydroxylation is 2. The van der Waals surface area contributed by atoms with Gasteiger partial charge in [-0.2, -0.15) is 23.4 Å². The van der Waals surface area contributed by atoms with E-state index in [1.54, 1.807) is 17.8 Å². The number of rotatable bonds is 4. The summed E-state index contributed by atoms with van der Waals surface area (Å²) in [5, 5.41) is 13.2. The molecule has 0 atom stereocenters. The molecule has 2 amide bonds. The average Bonchev–Trinajstić information content (AvgIpc) is 3.31. The van der Waals surface area contributed by atoms with Gasteiger partial charge in [-0.15, -0.1) is 0 Å². The van der Waals surface area contributed by atoms with Crippen LogP contribution in [0.1, 0.15) is 36.6 Å². The summed E-state index contributed by atoms with van der Waals surface area (Å²) in [4.78, 5) is 21.0. The highest BCUT2D eigenvalue weighted by Crippen LogP contribution is 2.37. The number of nitrogens with one attached hydrogen (secondary N) is 2. The number of anilines is 2. The van der Waals surface area contributed by atoms with Gasteiger partial charge >= 0.3 is 12.2 Å². The Labute approximate surface area is 186 Å². The fraction of sp³-hybridized carbons (Fsp3) is 0.286. The molecule has 0 aliphatic rings. The Morgan fingerprint density at radius 3 is 2.48 bits per heavy atom. The smallest absolute Gasteiger partial charge is 0.306 e. The van der Waals surface area contributed by atoms with E-state index in [9.17, 15) is 18.0 Å². The van der Waals surface area contributed by atoms with Crippen molar-refractivity contribution in [3.8, 4) is 11.3 Å². The van der Waals surface area contributed by atoms with Gasteiger partial charge in [0.25, 0.3) is 0 Å². The zero-order chi connectivity index (χ0) is 23.9. The molecule has 172 valence electrons. The number of carbonyl (C=O) groups is 1. The number of hydrogen-bond donors (Lipinski definition) is 2. The molecule has 4 heterocycles. The number of aromatic nitrogens is 6. The molecule has 0 saturated heterocycles. The quantitative estimate of drug-likeness (QED) is 0.465. The van der Waals surface area contributed by atoms with Crippen molar-refractivity contribution >= 4 is 23.1 Å². The predicted molar refractivity (Wildman–Crippen MR) is 116 cm³/mol. The SMILES string of the molecule is Cc1cn2ncc(NC(=O)Nc3cnc(-c4cnn(C)c4)c(C(F)(F)F)c3)c(C(C)C)c2n1. The molecule has 0 spiro atoms. The first-order valence-electron chi connectivity index (χ1n) is 10.0. The zero-order valence-electron chi connectivity index (χ0n) is 18.3. The summed E-state index contributed by atoms with van der Waals surface area (Å²) in [5.74, 6) is 0.00450. The second-order valence-electron chi connectivity index (χ2n) is 7.88. The van der Waals surface area contributed by atoms with Crippen molar-refractivity contribution < 1.29 is 18.0 Å². The normalized spacial score (nSPS) is 11.9. The highest BCUT2D eigenvalue weighted by molar-refractivity contribution is 6.00. The van der Waals surface area contributed by atoms with Crippen molar-refractivity contribution in [1.82, 2.24) is 29.4 Å². The highest BCUT2D eigenvalue weighted by atomic mass is 19.4. The highest BCUT2D eigenvalue weighted by Gasteiger charge is 2.35. The molecule has 0 aliphatic carbocycles. The molecular formula is C21H21F3N8O. The minimum atomic E-state index is -4.68. The van der Waals surface area contributed by atoms with Gasteiger partial charge in [0, 0.05) is 24.4 Å². The number of nitrogens with zero attached hydrogens (tertiary/aromatic N) is 6. The Kier molecular flexibility index (Phi) is 5.52. The number of fused-ring (bicyclic) bond motifs is 1. The van der Waals surface area contributed by atoms with Crippen molar-refractivity contribution in [1.29, 1.82) is 0 Å². The lowest BCUT2D eigenvalue weighted by molar-refractivity contribution is -0.137. The maximum Gasteiger partial charge on any atom is 0.418 e. The molecule has 0 saturated carbocycles. The number of carbonyl (C=O) groups excluding carboxylic acids is 1. The number of halogens is 3. The van der Waals surface area contributed by atoms with Gasteiger partial charge < -0.3 is 10.6 Å². The van der Waals surface area contributed by atoms with Gasteiger partial charge in [0.05, 0.1) is 53.1 Å². The summed E-state index contributed by atoms with van der Waals surface area (Å²) in [7, 11) is 1.60. The minimum Gasteiger partial charge on any atom is -0.306 e. The molecule has 0 radical (unpaired) electrons. The first-order chi connectivity index (χ1) is 15.5. The van der Waals surface area contributed by atoms with Crippen LogP contribution in [0.5, 0.6) is 0 Å². The second-order valence-corrected chi connectivity index (χ2v) is 7.88. The van der Waals surface area contributed by atoms with Crippen LogP contribution in [0.4, 0.5) is 29.3 Å². The van der Waals surface area contributed by atoms with Gasteiger partial charge in [-0.25, -0.2) is 14.3 Å². The maximum atomic E-state index is 13.7. The summed E-state index contributed by atoms with van der Waals surface area (Å²) in [6, 6.07) is 0.118. The molecule has 0 bridgehead atoms. The number of imidazole rings is 1. The van der Waals surface area contributed by atoms with Crippen LogP contribution in [-0.2, 0) is 13.2 Å². The standard InChI is InChI=1S/C21H21F3N8O/c1-11(2)17-16(8-27-32-9-12(3)28-19(17)32)30-20(33)29-14-5-15(21(22,23)24)18(25-7-14)13-6-26-31(4)10-13/h5-11H,1-4H3,(H2,29,30,33). The van der Waals surface area contributed by atoms with E-state index in [0.29, 0.717) is 11.3 Å². The zero-order valence-corrected chi connectivity index (χ0v) is 18.3. The van der Waals surface area contributed by atoms with E-state index < -0.39 is 17.8 Å². The Bertz CT molecular complexity index is 1340. The Morgan fingerprint density at radius 1 is 1.09 bits per heavy atom. The number of urea groups is 1. The van der Waals surface area contributed by atoms with Gasteiger partial charge in [0.1, 0.15) is 0 Å². The molecule has 0 unspecified atom stereocenters. The van der Waals surface area contributed by atoms with Crippen LogP contribution in [0, 0.1) is 6.92 Å². The van der Waals surface area contributed by atoms with Gasteiger partial charge in [0.2, 0.25) is 0 Å². The van der Waals surface area contributed by atoms with Crippen LogP contribution in [0.3, 0.4) is 0 Å². The van der Waals surface area contributed by atoms with Crippen LogP contribution in [0.25, 0.3) is 16.9 Å². The van der Waals surface area contributed by atoms with Gasteiger partial charge in [0.15, 0.2) is 5.65 Å². The van der Waals surface area contributed by atoms with E-state index in [1.165, 1.54) is 29.5 Å².